The van der Waals surface area contributed by atoms with E-state index < -0.39 is 10.0 Å². The Hall–Kier alpha value is -1.44. The average molecular weight is 311 g/mol. The van der Waals surface area contributed by atoms with Crippen LogP contribution in [0.2, 0.25) is 0 Å². The number of amides is 1. The molecule has 1 atom stereocenters. The number of piperidine rings is 1. The molecule has 3 N–H and O–H groups in total. The molecule has 0 unspecified atom stereocenters. The van der Waals surface area contributed by atoms with Gasteiger partial charge in [-0.2, -0.15) is 0 Å². The Bertz CT molecular complexity index is 578. The molecule has 0 bridgehead atoms. The monoisotopic (exact) mass is 311 g/mol. The molecule has 0 aromatic heterocycles. The van der Waals surface area contributed by atoms with E-state index in [9.17, 15) is 13.2 Å². The van der Waals surface area contributed by atoms with Crippen molar-refractivity contribution in [1.82, 2.24) is 15.4 Å². The van der Waals surface area contributed by atoms with Crippen LogP contribution in [0.3, 0.4) is 0 Å². The predicted octanol–water partition coefficient (Wildman–Crippen LogP) is 0.353. The first kappa shape index (κ1) is 15.9. The maximum Gasteiger partial charge on any atom is 0.240 e. The van der Waals surface area contributed by atoms with Crippen LogP contribution in [0.5, 0.6) is 0 Å². The van der Waals surface area contributed by atoms with Crippen molar-refractivity contribution >= 4 is 15.9 Å². The van der Waals surface area contributed by atoms with Crippen LogP contribution < -0.4 is 15.4 Å². The van der Waals surface area contributed by atoms with Crippen LogP contribution in [0, 0.1) is 0 Å². The van der Waals surface area contributed by atoms with Crippen LogP contribution >= 0.6 is 0 Å². The summed E-state index contributed by atoms with van der Waals surface area (Å²) < 4.78 is 27.3. The zero-order valence-corrected chi connectivity index (χ0v) is 12.9. The Morgan fingerprint density at radius 3 is 2.62 bits per heavy atom. The molecule has 7 heteroatoms. The summed E-state index contributed by atoms with van der Waals surface area (Å²) >= 11 is 0. The minimum Gasteiger partial charge on any atom is -0.352 e. The van der Waals surface area contributed by atoms with Crippen LogP contribution in [0.25, 0.3) is 0 Å². The molecule has 2 rings (SSSR count). The molecule has 1 aliphatic rings. The lowest BCUT2D eigenvalue weighted by molar-refractivity contribution is -0.119. The second-order valence-electron chi connectivity index (χ2n) is 5.22. The van der Waals surface area contributed by atoms with Gasteiger partial charge in [-0.3, -0.25) is 4.79 Å². The highest BCUT2D eigenvalue weighted by molar-refractivity contribution is 7.89. The number of carbonyl (C=O) groups excluding carboxylic acids is 1. The van der Waals surface area contributed by atoms with E-state index in [0.717, 1.165) is 24.9 Å². The van der Waals surface area contributed by atoms with E-state index in [0.29, 0.717) is 13.1 Å². The van der Waals surface area contributed by atoms with Crippen molar-refractivity contribution in [2.75, 3.05) is 13.1 Å². The maximum atomic E-state index is 12.3. The van der Waals surface area contributed by atoms with Gasteiger partial charge < -0.3 is 10.6 Å². The molecule has 1 amide bonds. The van der Waals surface area contributed by atoms with Crippen molar-refractivity contribution < 1.29 is 13.2 Å². The van der Waals surface area contributed by atoms with Crippen LogP contribution in [0.15, 0.2) is 29.2 Å². The summed E-state index contributed by atoms with van der Waals surface area (Å²) in [5.41, 5.74) is 0.864. The van der Waals surface area contributed by atoms with E-state index in [4.69, 9.17) is 0 Å². The van der Waals surface area contributed by atoms with Gasteiger partial charge in [-0.1, -0.05) is 12.1 Å². The van der Waals surface area contributed by atoms with E-state index in [-0.39, 0.29) is 16.8 Å². The molecule has 1 fully saturated rings. The average Bonchev–Trinajstić information content (AvgIpc) is 2.46. The number of sulfonamides is 1. The summed E-state index contributed by atoms with van der Waals surface area (Å²) in [5.74, 6) is -0.113. The van der Waals surface area contributed by atoms with Crippen molar-refractivity contribution in [3.8, 4) is 0 Å². The Morgan fingerprint density at radius 1 is 1.33 bits per heavy atom. The first-order valence-electron chi connectivity index (χ1n) is 7.04. The SMILES string of the molecule is CC(=O)NCc1ccc(S(=O)(=O)N[C@H]2CCCNC2)cc1. The topological polar surface area (TPSA) is 87.3 Å². The molecule has 0 spiro atoms. The van der Waals surface area contributed by atoms with E-state index in [1.165, 1.54) is 6.92 Å². The number of benzene rings is 1. The molecule has 6 nitrogen and oxygen atoms in total. The third-order valence-electron chi connectivity index (χ3n) is 3.39. The highest BCUT2D eigenvalue weighted by atomic mass is 32.2. The highest BCUT2D eigenvalue weighted by Crippen LogP contribution is 2.13. The van der Waals surface area contributed by atoms with Gasteiger partial charge in [0.2, 0.25) is 15.9 Å². The van der Waals surface area contributed by atoms with Gasteiger partial charge in [-0.25, -0.2) is 13.1 Å². The lowest BCUT2D eigenvalue weighted by Gasteiger charge is -2.23. The Balaban J connectivity index is 2.00. The summed E-state index contributed by atoms with van der Waals surface area (Å²) in [5, 5.41) is 5.85. The Kier molecular flexibility index (Phi) is 5.33. The molecular formula is C14H21N3O3S. The molecular weight excluding hydrogens is 290 g/mol. The van der Waals surface area contributed by atoms with Crippen LogP contribution in [-0.4, -0.2) is 33.5 Å². The van der Waals surface area contributed by atoms with Crippen molar-refractivity contribution in [3.63, 3.8) is 0 Å². The standard InChI is InChI=1S/C14H21N3O3S/c1-11(18)16-9-12-4-6-14(7-5-12)21(19,20)17-13-3-2-8-15-10-13/h4-7,13,15,17H,2-3,8-10H2,1H3,(H,16,18)/t13-/m0/s1. The van der Waals surface area contributed by atoms with Crippen molar-refractivity contribution in [3.05, 3.63) is 29.8 Å². The summed E-state index contributed by atoms with van der Waals surface area (Å²) in [6.45, 7) is 3.45. The predicted molar refractivity (Wildman–Crippen MR) is 80.2 cm³/mol. The van der Waals surface area contributed by atoms with Crippen molar-refractivity contribution in [2.24, 2.45) is 0 Å². The van der Waals surface area contributed by atoms with Crippen LogP contribution in [0.4, 0.5) is 0 Å². The largest absolute Gasteiger partial charge is 0.352 e. The van der Waals surface area contributed by atoms with Gasteiger partial charge in [0.25, 0.3) is 0 Å². The molecule has 1 aliphatic heterocycles. The van der Waals surface area contributed by atoms with E-state index >= 15 is 0 Å². The van der Waals surface area contributed by atoms with Crippen LogP contribution in [-0.2, 0) is 21.4 Å². The summed E-state index contributed by atoms with van der Waals surface area (Å²) in [7, 11) is -3.49. The van der Waals surface area contributed by atoms with Gasteiger partial charge in [0.15, 0.2) is 0 Å². The van der Waals surface area contributed by atoms with E-state index in [1.54, 1.807) is 24.3 Å². The fraction of sp³-hybridized carbons (Fsp3) is 0.500. The molecule has 1 heterocycles. The van der Waals surface area contributed by atoms with Crippen molar-refractivity contribution in [1.29, 1.82) is 0 Å². The number of carbonyl (C=O) groups is 1. The minimum atomic E-state index is -3.49. The zero-order chi connectivity index (χ0) is 15.3. The third-order valence-corrected chi connectivity index (χ3v) is 4.93. The van der Waals surface area contributed by atoms with Gasteiger partial charge in [0, 0.05) is 26.1 Å². The Morgan fingerprint density at radius 2 is 2.05 bits per heavy atom. The number of hydrogen-bond donors (Lipinski definition) is 3. The molecule has 1 aromatic rings. The van der Waals surface area contributed by atoms with Crippen LogP contribution in [0.1, 0.15) is 25.3 Å². The van der Waals surface area contributed by atoms with Gasteiger partial charge in [0.05, 0.1) is 4.90 Å². The summed E-state index contributed by atoms with van der Waals surface area (Å²) in [6, 6.07) is 6.50. The zero-order valence-electron chi connectivity index (χ0n) is 12.1. The van der Waals surface area contributed by atoms with E-state index in [1.807, 2.05) is 0 Å². The molecule has 116 valence electrons. The lowest BCUT2D eigenvalue weighted by Crippen LogP contribution is -2.45. The van der Waals surface area contributed by atoms with Gasteiger partial charge in [-0.05, 0) is 37.1 Å². The summed E-state index contributed by atoms with van der Waals surface area (Å²) in [6.07, 6.45) is 1.83. The molecule has 0 saturated carbocycles. The smallest absolute Gasteiger partial charge is 0.240 e. The fourth-order valence-electron chi connectivity index (χ4n) is 2.25. The van der Waals surface area contributed by atoms with E-state index in [2.05, 4.69) is 15.4 Å². The summed E-state index contributed by atoms with van der Waals surface area (Å²) in [4.78, 5) is 11.1. The second-order valence-corrected chi connectivity index (χ2v) is 6.93. The molecule has 1 aromatic carbocycles. The minimum absolute atomic E-state index is 0.0530. The first-order valence-corrected chi connectivity index (χ1v) is 8.52. The number of hydrogen-bond acceptors (Lipinski definition) is 4. The maximum absolute atomic E-state index is 12.3. The number of nitrogens with one attached hydrogen (secondary N) is 3. The Labute approximate surface area is 125 Å². The quantitative estimate of drug-likeness (QED) is 0.732. The fourth-order valence-corrected chi connectivity index (χ4v) is 3.52. The first-order chi connectivity index (χ1) is 9.97. The second kappa shape index (κ2) is 7.02. The lowest BCUT2D eigenvalue weighted by atomic mass is 10.1. The molecule has 21 heavy (non-hydrogen) atoms. The normalized spacial score (nSPS) is 19.2. The third kappa shape index (κ3) is 4.80. The number of rotatable bonds is 5. The van der Waals surface area contributed by atoms with Gasteiger partial charge in [0.1, 0.15) is 0 Å². The van der Waals surface area contributed by atoms with Gasteiger partial charge >= 0.3 is 0 Å². The molecule has 1 saturated heterocycles. The van der Waals surface area contributed by atoms with Gasteiger partial charge in [-0.15, -0.1) is 0 Å². The molecule has 0 aliphatic carbocycles. The highest BCUT2D eigenvalue weighted by Gasteiger charge is 2.21. The molecule has 0 radical (unpaired) electrons. The van der Waals surface area contributed by atoms with Crippen molar-refractivity contribution in [2.45, 2.75) is 37.2 Å².